The number of fused-ring (bicyclic) bond motifs is 4. The number of carbonyl (C=O) groups excluding carboxylic acids is 3. The topological polar surface area (TPSA) is 101 Å². The molecule has 8 nitrogen and oxygen atoms in total. The van der Waals surface area contributed by atoms with Gasteiger partial charge in [-0.1, -0.05) is 12.1 Å². The summed E-state index contributed by atoms with van der Waals surface area (Å²) in [7, 11) is 0. The van der Waals surface area contributed by atoms with Crippen molar-refractivity contribution in [3.8, 4) is 5.75 Å². The smallest absolute Gasteiger partial charge is 0.242 e. The zero-order valence-electron chi connectivity index (χ0n) is 21.0. The molecule has 3 amide bonds. The molecule has 0 spiro atoms. The largest absolute Gasteiger partial charge is 0.494 e. The number of aryl methyl sites for hydroxylation is 2. The summed E-state index contributed by atoms with van der Waals surface area (Å²) in [6, 6.07) is 9.02. The van der Waals surface area contributed by atoms with Gasteiger partial charge in [-0.25, -0.2) is 0 Å². The van der Waals surface area contributed by atoms with E-state index in [9.17, 15) is 14.4 Å². The molecule has 1 aromatic heterocycles. The zero-order valence-corrected chi connectivity index (χ0v) is 21.0. The molecule has 2 aliphatic heterocycles. The van der Waals surface area contributed by atoms with E-state index in [1.807, 2.05) is 42.2 Å². The van der Waals surface area contributed by atoms with Crippen molar-refractivity contribution in [3.63, 3.8) is 0 Å². The fourth-order valence-electron chi connectivity index (χ4n) is 4.88. The Balaban J connectivity index is 1.50. The Morgan fingerprint density at radius 3 is 2.86 bits per heavy atom. The fourth-order valence-corrected chi connectivity index (χ4v) is 4.88. The van der Waals surface area contributed by atoms with Crippen LogP contribution in [0, 0.1) is 12.8 Å². The van der Waals surface area contributed by atoms with Crippen molar-refractivity contribution in [2.45, 2.75) is 64.5 Å². The Hall–Kier alpha value is -3.42. The number of piperidine rings is 1. The molecule has 2 aliphatic rings. The van der Waals surface area contributed by atoms with E-state index in [4.69, 9.17) is 4.74 Å². The second-order valence-electron chi connectivity index (χ2n) is 9.81. The van der Waals surface area contributed by atoms with Gasteiger partial charge in [0.2, 0.25) is 17.7 Å². The Kier molecular flexibility index (Phi) is 8.92. The maximum atomic E-state index is 13.1. The van der Waals surface area contributed by atoms with E-state index in [-0.39, 0.29) is 30.6 Å². The van der Waals surface area contributed by atoms with Gasteiger partial charge in [0, 0.05) is 44.9 Å². The molecule has 3 heterocycles. The van der Waals surface area contributed by atoms with Crippen molar-refractivity contribution in [2.24, 2.45) is 5.92 Å². The molecular weight excluding hydrogens is 456 g/mol. The molecule has 0 aliphatic carbocycles. The molecule has 2 aromatic rings. The van der Waals surface area contributed by atoms with Gasteiger partial charge in [-0.05, 0) is 79.8 Å². The third-order valence-corrected chi connectivity index (χ3v) is 7.10. The summed E-state index contributed by atoms with van der Waals surface area (Å²) < 4.78 is 6.04. The van der Waals surface area contributed by atoms with Crippen LogP contribution in [0.2, 0.25) is 0 Å². The van der Waals surface area contributed by atoms with Crippen LogP contribution in [0.25, 0.3) is 0 Å². The average molecular weight is 493 g/mol. The summed E-state index contributed by atoms with van der Waals surface area (Å²) >= 11 is 0. The van der Waals surface area contributed by atoms with Crippen molar-refractivity contribution in [2.75, 3.05) is 19.7 Å². The molecule has 1 saturated heterocycles. The van der Waals surface area contributed by atoms with E-state index < -0.39 is 6.04 Å². The molecule has 192 valence electrons. The highest BCUT2D eigenvalue weighted by atomic mass is 16.5. The molecule has 4 rings (SSSR count). The van der Waals surface area contributed by atoms with Crippen molar-refractivity contribution in [1.82, 2.24) is 20.5 Å². The number of hydrogen-bond acceptors (Lipinski definition) is 5. The molecule has 2 unspecified atom stereocenters. The summed E-state index contributed by atoms with van der Waals surface area (Å²) in [5, 5.41) is 5.86. The zero-order chi connectivity index (χ0) is 25.3. The van der Waals surface area contributed by atoms with E-state index in [2.05, 4.69) is 15.6 Å². The molecule has 0 radical (unpaired) electrons. The molecule has 36 heavy (non-hydrogen) atoms. The van der Waals surface area contributed by atoms with E-state index in [1.54, 1.807) is 12.4 Å². The lowest BCUT2D eigenvalue weighted by Gasteiger charge is -2.33. The monoisotopic (exact) mass is 492 g/mol. The Morgan fingerprint density at radius 1 is 1.14 bits per heavy atom. The minimum absolute atomic E-state index is 0.00331. The molecule has 8 heteroatoms. The molecule has 0 saturated carbocycles. The summed E-state index contributed by atoms with van der Waals surface area (Å²) in [5.41, 5.74) is 3.04. The lowest BCUT2D eigenvalue weighted by atomic mass is 9.95. The Bertz CT molecular complexity index is 1060. The molecule has 2 atom stereocenters. The van der Waals surface area contributed by atoms with E-state index >= 15 is 0 Å². The number of amides is 3. The van der Waals surface area contributed by atoms with Crippen LogP contribution in [0.4, 0.5) is 0 Å². The Morgan fingerprint density at radius 2 is 2.03 bits per heavy atom. The first-order chi connectivity index (χ1) is 17.5. The van der Waals surface area contributed by atoms with Gasteiger partial charge in [0.25, 0.3) is 0 Å². The predicted octanol–water partition coefficient (Wildman–Crippen LogP) is 2.93. The predicted molar refractivity (Wildman–Crippen MR) is 136 cm³/mol. The van der Waals surface area contributed by atoms with E-state index in [0.29, 0.717) is 38.5 Å². The lowest BCUT2D eigenvalue weighted by molar-refractivity contribution is -0.135. The van der Waals surface area contributed by atoms with Gasteiger partial charge >= 0.3 is 0 Å². The van der Waals surface area contributed by atoms with E-state index in [1.165, 1.54) is 0 Å². The average Bonchev–Trinajstić information content (AvgIpc) is 2.90. The van der Waals surface area contributed by atoms with Crippen LogP contribution >= 0.6 is 0 Å². The quantitative estimate of drug-likeness (QED) is 0.686. The molecule has 2 N–H and O–H groups in total. The first kappa shape index (κ1) is 25.7. The standard InChI is InChI=1S/C28H36N4O4/c1-20-6-8-24-16-23(20)18-30-28(35)25(9-7-21-4-2-13-29-17-21)31-26(33)10-11-27(34)32-14-3-5-22(19-32)12-15-36-24/h2,4,6,8,13,16-17,22,25H,3,5,7,9-12,14-15,18-19H2,1H3,(H,30,35)(H,31,33). The molecule has 4 bridgehead atoms. The van der Waals surface area contributed by atoms with Gasteiger partial charge in [-0.2, -0.15) is 0 Å². The number of pyridine rings is 1. The van der Waals surface area contributed by atoms with Crippen LogP contribution in [0.15, 0.2) is 42.7 Å². The summed E-state index contributed by atoms with van der Waals surface area (Å²) in [4.78, 5) is 44.7. The minimum atomic E-state index is -0.703. The van der Waals surface area contributed by atoms with Crippen LogP contribution in [-0.2, 0) is 27.3 Å². The van der Waals surface area contributed by atoms with Crippen LogP contribution in [0.5, 0.6) is 5.75 Å². The number of nitrogens with zero attached hydrogens (tertiary/aromatic N) is 2. The maximum Gasteiger partial charge on any atom is 0.242 e. The Labute approximate surface area is 212 Å². The second kappa shape index (κ2) is 12.5. The number of benzene rings is 1. The number of carbonyl (C=O) groups is 3. The van der Waals surface area contributed by atoms with Gasteiger partial charge in [-0.15, -0.1) is 0 Å². The number of aromatic nitrogens is 1. The third kappa shape index (κ3) is 7.29. The van der Waals surface area contributed by atoms with Gasteiger partial charge in [0.1, 0.15) is 11.8 Å². The maximum absolute atomic E-state index is 13.1. The normalized spacial score (nSPS) is 22.0. The van der Waals surface area contributed by atoms with Gasteiger partial charge in [0.15, 0.2) is 0 Å². The third-order valence-electron chi connectivity index (χ3n) is 7.10. The molecule has 1 aromatic carbocycles. The number of nitrogens with one attached hydrogen (secondary N) is 2. The molecule has 1 fully saturated rings. The molecular formula is C28H36N4O4. The first-order valence-electron chi connectivity index (χ1n) is 12.9. The summed E-state index contributed by atoms with van der Waals surface area (Å²) in [6.07, 6.45) is 7.65. The summed E-state index contributed by atoms with van der Waals surface area (Å²) in [5.74, 6) is 0.643. The van der Waals surface area contributed by atoms with Gasteiger partial charge in [-0.3, -0.25) is 19.4 Å². The first-order valence-corrected chi connectivity index (χ1v) is 12.9. The summed E-state index contributed by atoms with van der Waals surface area (Å²) in [6.45, 7) is 4.37. The number of hydrogen-bond donors (Lipinski definition) is 2. The van der Waals surface area contributed by atoms with E-state index in [0.717, 1.165) is 48.2 Å². The van der Waals surface area contributed by atoms with Crippen LogP contribution < -0.4 is 15.4 Å². The van der Waals surface area contributed by atoms with Crippen LogP contribution in [0.3, 0.4) is 0 Å². The fraction of sp³-hybridized carbons (Fsp3) is 0.500. The van der Waals surface area contributed by atoms with Crippen molar-refractivity contribution < 1.29 is 19.1 Å². The van der Waals surface area contributed by atoms with Crippen molar-refractivity contribution in [3.05, 3.63) is 59.4 Å². The number of rotatable bonds is 3. The number of ether oxygens (including phenoxy) is 1. The minimum Gasteiger partial charge on any atom is -0.494 e. The van der Waals surface area contributed by atoms with Crippen molar-refractivity contribution >= 4 is 17.7 Å². The van der Waals surface area contributed by atoms with Crippen LogP contribution in [0.1, 0.15) is 55.2 Å². The lowest BCUT2D eigenvalue weighted by Crippen LogP contribution is -2.47. The SMILES string of the molecule is Cc1ccc2cc1CNC(=O)C(CCc1cccnc1)NC(=O)CCC(=O)N1CCCC(CCO2)C1. The van der Waals surface area contributed by atoms with Crippen LogP contribution in [-0.4, -0.2) is 53.3 Å². The van der Waals surface area contributed by atoms with Gasteiger partial charge < -0.3 is 20.3 Å². The van der Waals surface area contributed by atoms with Crippen molar-refractivity contribution in [1.29, 1.82) is 0 Å². The second-order valence-corrected chi connectivity index (χ2v) is 9.81. The highest BCUT2D eigenvalue weighted by Crippen LogP contribution is 2.23. The highest BCUT2D eigenvalue weighted by Gasteiger charge is 2.25. The van der Waals surface area contributed by atoms with Gasteiger partial charge in [0.05, 0.1) is 6.61 Å². The highest BCUT2D eigenvalue weighted by molar-refractivity contribution is 5.89.